The molecule has 0 heterocycles. The summed E-state index contributed by atoms with van der Waals surface area (Å²) in [6, 6.07) is 11.5. The predicted octanol–water partition coefficient (Wildman–Crippen LogP) is 2.67. The predicted molar refractivity (Wildman–Crippen MR) is 106 cm³/mol. The topological polar surface area (TPSA) is 93.7 Å². The van der Waals surface area contributed by atoms with Crippen LogP contribution in [0.5, 0.6) is 11.5 Å². The summed E-state index contributed by atoms with van der Waals surface area (Å²) in [6.45, 7) is 2.47. The molecule has 0 aliphatic heterocycles. The molecule has 2 N–H and O–H groups in total. The maximum Gasteiger partial charge on any atom is 0.265 e. The van der Waals surface area contributed by atoms with Gasteiger partial charge in [0.05, 0.1) is 19.6 Å². The summed E-state index contributed by atoms with van der Waals surface area (Å²) in [6.07, 6.45) is 1.59. The van der Waals surface area contributed by atoms with Crippen molar-refractivity contribution in [3.63, 3.8) is 0 Å². The summed E-state index contributed by atoms with van der Waals surface area (Å²) in [4.78, 5) is 12.3. The zero-order valence-corrected chi connectivity index (χ0v) is 16.9. The standard InChI is InChI=1S/C20H24N2O5S/c1-4-21-19(23)20(11-12-20)14-5-7-15(8-6-14)22-28(24,25)18-13-16(26-2)9-10-17(18)27-3/h5-10,13,22H,4,11-12H2,1-3H3,(H,21,23). The van der Waals surface area contributed by atoms with E-state index in [-0.39, 0.29) is 16.6 Å². The van der Waals surface area contributed by atoms with Crippen molar-refractivity contribution in [2.24, 2.45) is 0 Å². The Morgan fingerprint density at radius 1 is 1.07 bits per heavy atom. The van der Waals surface area contributed by atoms with Crippen LogP contribution in [0.25, 0.3) is 0 Å². The van der Waals surface area contributed by atoms with Gasteiger partial charge in [-0.05, 0) is 49.6 Å². The summed E-state index contributed by atoms with van der Waals surface area (Å²) >= 11 is 0. The molecule has 0 radical (unpaired) electrons. The highest BCUT2D eigenvalue weighted by atomic mass is 32.2. The molecular weight excluding hydrogens is 380 g/mol. The Morgan fingerprint density at radius 2 is 1.75 bits per heavy atom. The number of carbonyl (C=O) groups is 1. The lowest BCUT2D eigenvalue weighted by Gasteiger charge is -2.16. The van der Waals surface area contributed by atoms with Crippen molar-refractivity contribution in [2.45, 2.75) is 30.1 Å². The zero-order valence-electron chi connectivity index (χ0n) is 16.1. The minimum atomic E-state index is -3.88. The van der Waals surface area contributed by atoms with Gasteiger partial charge in [-0.2, -0.15) is 0 Å². The van der Waals surface area contributed by atoms with Crippen molar-refractivity contribution in [2.75, 3.05) is 25.5 Å². The van der Waals surface area contributed by atoms with E-state index in [1.807, 2.05) is 6.92 Å². The fraction of sp³-hybridized carbons (Fsp3) is 0.350. The van der Waals surface area contributed by atoms with Gasteiger partial charge in [0.2, 0.25) is 5.91 Å². The van der Waals surface area contributed by atoms with Gasteiger partial charge in [-0.3, -0.25) is 9.52 Å². The average Bonchev–Trinajstić information content (AvgIpc) is 3.50. The number of rotatable bonds is 8. The third-order valence-corrected chi connectivity index (χ3v) is 6.27. The van der Waals surface area contributed by atoms with E-state index in [2.05, 4.69) is 10.0 Å². The van der Waals surface area contributed by atoms with Crippen LogP contribution in [0.2, 0.25) is 0 Å². The number of methoxy groups -OCH3 is 2. The van der Waals surface area contributed by atoms with Crippen LogP contribution < -0.4 is 19.5 Å². The quantitative estimate of drug-likeness (QED) is 0.706. The van der Waals surface area contributed by atoms with E-state index in [0.717, 1.165) is 18.4 Å². The van der Waals surface area contributed by atoms with Crippen LogP contribution >= 0.6 is 0 Å². The lowest BCUT2D eigenvalue weighted by atomic mass is 9.95. The van der Waals surface area contributed by atoms with Gasteiger partial charge in [0.15, 0.2) is 0 Å². The van der Waals surface area contributed by atoms with E-state index in [1.165, 1.54) is 20.3 Å². The molecular formula is C20H24N2O5S. The van der Waals surface area contributed by atoms with Crippen LogP contribution in [0, 0.1) is 0 Å². The molecule has 3 rings (SSSR count). The Balaban J connectivity index is 1.84. The van der Waals surface area contributed by atoms with Gasteiger partial charge in [-0.25, -0.2) is 8.42 Å². The van der Waals surface area contributed by atoms with Crippen LogP contribution in [-0.4, -0.2) is 35.1 Å². The van der Waals surface area contributed by atoms with Gasteiger partial charge >= 0.3 is 0 Å². The molecule has 2 aromatic carbocycles. The number of ether oxygens (including phenoxy) is 2. The maximum atomic E-state index is 12.8. The lowest BCUT2D eigenvalue weighted by molar-refractivity contribution is -0.123. The second-order valence-electron chi connectivity index (χ2n) is 6.64. The van der Waals surface area contributed by atoms with Crippen LogP contribution in [0.3, 0.4) is 0 Å². The van der Waals surface area contributed by atoms with Crippen LogP contribution in [0.4, 0.5) is 5.69 Å². The molecule has 150 valence electrons. The molecule has 0 aromatic heterocycles. The van der Waals surface area contributed by atoms with Gasteiger partial charge in [0, 0.05) is 18.3 Å². The third kappa shape index (κ3) is 3.77. The van der Waals surface area contributed by atoms with Crippen molar-refractivity contribution < 1.29 is 22.7 Å². The highest BCUT2D eigenvalue weighted by molar-refractivity contribution is 7.92. The van der Waals surface area contributed by atoms with Crippen LogP contribution in [0.1, 0.15) is 25.3 Å². The fourth-order valence-corrected chi connectivity index (χ4v) is 4.41. The van der Waals surface area contributed by atoms with Crippen LogP contribution in [-0.2, 0) is 20.2 Å². The highest BCUT2D eigenvalue weighted by Crippen LogP contribution is 2.48. The molecule has 1 saturated carbocycles. The molecule has 28 heavy (non-hydrogen) atoms. The first-order chi connectivity index (χ1) is 13.4. The Morgan fingerprint density at radius 3 is 2.29 bits per heavy atom. The Labute approximate surface area is 165 Å². The first-order valence-corrected chi connectivity index (χ1v) is 10.5. The molecule has 0 bridgehead atoms. The zero-order chi connectivity index (χ0) is 20.4. The number of sulfonamides is 1. The van der Waals surface area contributed by atoms with E-state index in [1.54, 1.807) is 36.4 Å². The van der Waals surface area contributed by atoms with Crippen molar-refractivity contribution in [1.82, 2.24) is 5.32 Å². The summed E-state index contributed by atoms with van der Waals surface area (Å²) in [5.41, 5.74) is 0.810. The monoisotopic (exact) mass is 404 g/mol. The molecule has 0 saturated heterocycles. The number of hydrogen-bond donors (Lipinski definition) is 2. The van der Waals surface area contributed by atoms with Crippen LogP contribution in [0.15, 0.2) is 47.4 Å². The lowest BCUT2D eigenvalue weighted by Crippen LogP contribution is -2.34. The molecule has 7 nitrogen and oxygen atoms in total. The largest absolute Gasteiger partial charge is 0.497 e. The number of anilines is 1. The maximum absolute atomic E-state index is 12.8. The van der Waals surface area contributed by atoms with E-state index >= 15 is 0 Å². The van der Waals surface area contributed by atoms with Gasteiger partial charge in [-0.1, -0.05) is 12.1 Å². The van der Waals surface area contributed by atoms with Gasteiger partial charge < -0.3 is 14.8 Å². The first-order valence-electron chi connectivity index (χ1n) is 9.00. The number of benzene rings is 2. The first kappa shape index (κ1) is 20.0. The molecule has 1 aliphatic rings. The van der Waals surface area contributed by atoms with Crippen molar-refractivity contribution >= 4 is 21.6 Å². The summed E-state index contributed by atoms with van der Waals surface area (Å²) in [5, 5.41) is 2.87. The van der Waals surface area contributed by atoms with Crippen molar-refractivity contribution in [3.05, 3.63) is 48.0 Å². The Bertz CT molecular complexity index is 967. The SMILES string of the molecule is CCNC(=O)C1(c2ccc(NS(=O)(=O)c3cc(OC)ccc3OC)cc2)CC1. The summed E-state index contributed by atoms with van der Waals surface area (Å²) < 4.78 is 38.5. The normalized spacial score (nSPS) is 14.8. The Kier molecular flexibility index (Phi) is 5.51. The number of amides is 1. The second kappa shape index (κ2) is 7.71. The van der Waals surface area contributed by atoms with Gasteiger partial charge in [0.25, 0.3) is 10.0 Å². The molecule has 1 amide bonds. The smallest absolute Gasteiger partial charge is 0.265 e. The van der Waals surface area contributed by atoms with Gasteiger partial charge in [-0.15, -0.1) is 0 Å². The van der Waals surface area contributed by atoms with E-state index in [4.69, 9.17) is 9.47 Å². The number of likely N-dealkylation sites (N-methyl/N-ethyl adjacent to an activating group) is 1. The second-order valence-corrected chi connectivity index (χ2v) is 8.29. The minimum Gasteiger partial charge on any atom is -0.497 e. The summed E-state index contributed by atoms with van der Waals surface area (Å²) in [7, 11) is -1.01. The molecule has 0 spiro atoms. The van der Waals surface area contributed by atoms with Crippen molar-refractivity contribution in [3.8, 4) is 11.5 Å². The number of nitrogens with one attached hydrogen (secondary N) is 2. The number of hydrogen-bond acceptors (Lipinski definition) is 5. The van der Waals surface area contributed by atoms with E-state index in [9.17, 15) is 13.2 Å². The fourth-order valence-electron chi connectivity index (χ4n) is 3.16. The van der Waals surface area contributed by atoms with Crippen molar-refractivity contribution in [1.29, 1.82) is 0 Å². The molecule has 1 fully saturated rings. The number of carbonyl (C=O) groups excluding carboxylic acids is 1. The Hall–Kier alpha value is -2.74. The molecule has 2 aromatic rings. The summed E-state index contributed by atoms with van der Waals surface area (Å²) in [5.74, 6) is 0.650. The molecule has 0 atom stereocenters. The highest BCUT2D eigenvalue weighted by Gasteiger charge is 2.50. The molecule has 1 aliphatic carbocycles. The van der Waals surface area contributed by atoms with E-state index in [0.29, 0.717) is 18.0 Å². The van der Waals surface area contributed by atoms with E-state index < -0.39 is 15.4 Å². The van der Waals surface area contributed by atoms with Gasteiger partial charge in [0.1, 0.15) is 16.4 Å². The minimum absolute atomic E-state index is 0.0144. The molecule has 0 unspecified atom stereocenters. The average molecular weight is 404 g/mol. The molecule has 8 heteroatoms. The third-order valence-electron chi connectivity index (χ3n) is 4.87.